The second kappa shape index (κ2) is 25.8. The second-order valence-corrected chi connectivity index (χ2v) is 18.0. The number of benzene rings is 4. The van der Waals surface area contributed by atoms with Crippen molar-refractivity contribution in [2.45, 2.75) is 39.8 Å². The van der Waals surface area contributed by atoms with Gasteiger partial charge in [-0.2, -0.15) is 20.5 Å². The third-order valence-corrected chi connectivity index (χ3v) is 12.6. The fourth-order valence-electron chi connectivity index (χ4n) is 8.65. The lowest BCUT2D eigenvalue weighted by molar-refractivity contribution is 0.338. The Labute approximate surface area is 464 Å². The first-order valence-electron chi connectivity index (χ1n) is 25.0. The number of nitrogens with zero attached hydrogens (tertiary/aromatic N) is 10. The fourth-order valence-corrected chi connectivity index (χ4v) is 8.92. The van der Waals surface area contributed by atoms with Crippen molar-refractivity contribution in [1.82, 2.24) is 39.0 Å². The molecule has 0 saturated carbocycles. The van der Waals surface area contributed by atoms with Gasteiger partial charge >= 0.3 is 7.12 Å². The molecule has 0 bridgehead atoms. The maximum absolute atomic E-state index is 14.3. The predicted octanol–water partition coefficient (Wildman–Crippen LogP) is 8.09. The normalized spacial score (nSPS) is 11.4. The van der Waals surface area contributed by atoms with Gasteiger partial charge in [-0.3, -0.25) is 28.7 Å². The maximum Gasteiger partial charge on any atom is 0.490 e. The van der Waals surface area contributed by atoms with Gasteiger partial charge in [0.2, 0.25) is 11.9 Å². The molecule has 0 amide bonds. The summed E-state index contributed by atoms with van der Waals surface area (Å²) in [6.45, 7) is 8.59. The van der Waals surface area contributed by atoms with Crippen LogP contribution >= 0.6 is 11.6 Å². The van der Waals surface area contributed by atoms with Gasteiger partial charge in [-0.1, -0.05) is 78.3 Å². The Morgan fingerprint density at radius 1 is 0.625 bits per heavy atom. The highest BCUT2D eigenvalue weighted by molar-refractivity contribution is 6.58. The van der Waals surface area contributed by atoms with E-state index in [9.17, 15) is 20.1 Å². The Morgan fingerprint density at radius 3 is 1.60 bits per heavy atom. The minimum absolute atomic E-state index is 0.0465. The van der Waals surface area contributed by atoms with Crippen molar-refractivity contribution in [3.63, 3.8) is 0 Å². The average molecular weight is 1090 g/mol. The number of halogens is 1. The zero-order valence-electron chi connectivity index (χ0n) is 43.7. The zero-order valence-corrected chi connectivity index (χ0v) is 44.4. The van der Waals surface area contributed by atoms with Crippen LogP contribution in [0, 0.1) is 22.7 Å². The van der Waals surface area contributed by atoms with E-state index in [0.717, 1.165) is 21.9 Å². The van der Waals surface area contributed by atoms with Crippen molar-refractivity contribution in [1.29, 1.82) is 10.5 Å². The number of para-hydroxylation sites is 2. The molecule has 6 aromatic heterocycles. The smallest absolute Gasteiger partial charge is 0.490 e. The summed E-state index contributed by atoms with van der Waals surface area (Å²) in [6.07, 6.45) is 9.02. The molecule has 8 N–H and O–H groups in total. The molecule has 400 valence electrons. The molecule has 10 rings (SSSR count). The maximum atomic E-state index is 14.3. The molecule has 20 nitrogen and oxygen atoms in total. The molecule has 10 aromatic rings. The quantitative estimate of drug-likeness (QED) is 0.0560. The van der Waals surface area contributed by atoms with Crippen LogP contribution in [0.15, 0.2) is 168 Å². The van der Waals surface area contributed by atoms with Gasteiger partial charge in [-0.15, -0.1) is 0 Å². The number of hydrogen-bond acceptors (Lipinski definition) is 18. The standard InChI is InChI=1S/C29H25N7O2.C22H17ClN6O.C7H10BNO3/c1-3-38-23-12-20(15-32-17-23)24-11-7-8-19-13-25(18(2)34-27-21(14-30)16-33-29(31)35-27)36(28(37)26(19)24)22-9-5-4-6-10-22;1-13(27-20-15(11-24)12-26-22(25)28-20)18-10-14-6-5-9-17(23)19(14)21(30)29(18)16-7-3-2-4-8-16;1-2-12-7-3-6(8(10)11)4-9-5-7/h4-13,15-18H,3H2,1-2H3,(H3,31,33,34,35);2-10,12-13H,1H3,(H3,25,26,27,28);3-5,10-11H,2H2,1H3/t18-;13-;/m00./s1. The van der Waals surface area contributed by atoms with Crippen LogP contribution in [0.3, 0.4) is 0 Å². The molecule has 0 unspecified atom stereocenters. The first-order valence-corrected chi connectivity index (χ1v) is 25.3. The summed E-state index contributed by atoms with van der Waals surface area (Å²) >= 11 is 6.34. The molecule has 0 aliphatic carbocycles. The molecular weight excluding hydrogens is 1030 g/mol. The molecule has 2 atom stereocenters. The first-order chi connectivity index (χ1) is 38.7. The number of nitrogens with one attached hydrogen (secondary N) is 2. The van der Waals surface area contributed by atoms with Crippen LogP contribution in [-0.4, -0.2) is 69.4 Å². The Bertz CT molecular complexity index is 4050. The van der Waals surface area contributed by atoms with Crippen molar-refractivity contribution in [2.75, 3.05) is 35.3 Å². The second-order valence-electron chi connectivity index (χ2n) is 17.6. The Morgan fingerprint density at radius 2 is 1.10 bits per heavy atom. The number of nitrogen functional groups attached to an aromatic ring is 2. The summed E-state index contributed by atoms with van der Waals surface area (Å²) in [6, 6.07) is 40.5. The highest BCUT2D eigenvalue weighted by Gasteiger charge is 2.22. The topological polar surface area (TPSA) is 304 Å². The monoisotopic (exact) mass is 1090 g/mol. The van der Waals surface area contributed by atoms with Crippen LogP contribution in [0.5, 0.6) is 11.5 Å². The lowest BCUT2D eigenvalue weighted by Crippen LogP contribution is -2.30. The lowest BCUT2D eigenvalue weighted by Gasteiger charge is -2.22. The number of rotatable bonds is 14. The van der Waals surface area contributed by atoms with E-state index >= 15 is 0 Å². The van der Waals surface area contributed by atoms with Crippen molar-refractivity contribution >= 4 is 69.3 Å². The van der Waals surface area contributed by atoms with Crippen LogP contribution in [-0.2, 0) is 0 Å². The predicted molar refractivity (Wildman–Crippen MR) is 310 cm³/mol. The molecule has 6 heterocycles. The van der Waals surface area contributed by atoms with E-state index in [0.29, 0.717) is 80.4 Å². The summed E-state index contributed by atoms with van der Waals surface area (Å²) in [5.41, 5.74) is 16.2. The third kappa shape index (κ3) is 12.8. The Hall–Kier alpha value is -10.2. The van der Waals surface area contributed by atoms with Gasteiger partial charge in [0.25, 0.3) is 11.1 Å². The number of nitriles is 2. The van der Waals surface area contributed by atoms with Crippen LogP contribution in [0.1, 0.15) is 62.3 Å². The SMILES string of the molecule is CCOc1cncc(-c2cccc3cc([C@H](C)Nc4nc(N)ncc4C#N)n(-c4ccccc4)c(=O)c23)c1.CCOc1cncc(B(O)O)c1.C[C@H](Nc1nc(N)ncc1C#N)c1cc2cccc(Cl)c2c(=O)n1-c1ccccc1. The fraction of sp³-hybridized carbons (Fsp3) is 0.138. The van der Waals surface area contributed by atoms with Gasteiger partial charge in [-0.05, 0) is 98.6 Å². The van der Waals surface area contributed by atoms with E-state index in [4.69, 9.17) is 42.6 Å². The molecule has 0 radical (unpaired) electrons. The van der Waals surface area contributed by atoms with Gasteiger partial charge in [0, 0.05) is 46.2 Å². The molecule has 0 aliphatic rings. The molecule has 4 aromatic carbocycles. The third-order valence-electron chi connectivity index (χ3n) is 12.3. The van der Waals surface area contributed by atoms with E-state index < -0.39 is 13.2 Å². The molecule has 0 aliphatic heterocycles. The molecule has 0 spiro atoms. The minimum Gasteiger partial charge on any atom is -0.492 e. The van der Waals surface area contributed by atoms with Crippen LogP contribution in [0.2, 0.25) is 5.02 Å². The highest BCUT2D eigenvalue weighted by Crippen LogP contribution is 2.32. The van der Waals surface area contributed by atoms with Gasteiger partial charge in [0.15, 0.2) is 0 Å². The average Bonchev–Trinajstić information content (AvgIpc) is 3.46. The molecule has 0 saturated heterocycles. The number of anilines is 4. The van der Waals surface area contributed by atoms with E-state index in [1.165, 1.54) is 24.8 Å². The number of hydrogen-bond donors (Lipinski definition) is 6. The van der Waals surface area contributed by atoms with E-state index in [-0.39, 0.29) is 40.2 Å². The van der Waals surface area contributed by atoms with Crippen molar-refractivity contribution in [2.24, 2.45) is 0 Å². The van der Waals surface area contributed by atoms with Gasteiger partial charge in [-0.25, -0.2) is 9.97 Å². The zero-order chi connectivity index (χ0) is 56.9. The van der Waals surface area contributed by atoms with Gasteiger partial charge in [0.05, 0.1) is 65.9 Å². The number of ether oxygens (including phenoxy) is 2. The van der Waals surface area contributed by atoms with E-state index in [1.54, 1.807) is 39.7 Å². The van der Waals surface area contributed by atoms with E-state index in [2.05, 4.69) is 46.6 Å². The highest BCUT2D eigenvalue weighted by atomic mass is 35.5. The van der Waals surface area contributed by atoms with Crippen molar-refractivity contribution < 1.29 is 19.5 Å². The number of aromatic nitrogens is 8. The Kier molecular flexibility index (Phi) is 18.0. The van der Waals surface area contributed by atoms with Gasteiger partial charge in [0.1, 0.15) is 46.4 Å². The summed E-state index contributed by atoms with van der Waals surface area (Å²) < 4.78 is 14.0. The lowest BCUT2D eigenvalue weighted by atomic mass is 9.82. The summed E-state index contributed by atoms with van der Waals surface area (Å²) in [7, 11) is -1.49. The first kappa shape index (κ1) is 56.0. The summed E-state index contributed by atoms with van der Waals surface area (Å²) in [5, 5.41) is 45.8. The number of pyridine rings is 4. The Balaban J connectivity index is 0.000000178. The van der Waals surface area contributed by atoms with Crippen molar-refractivity contribution in [3.05, 3.63) is 207 Å². The van der Waals surface area contributed by atoms with Crippen LogP contribution in [0.25, 0.3) is 44.0 Å². The molecule has 80 heavy (non-hydrogen) atoms. The molecule has 22 heteroatoms. The largest absolute Gasteiger partial charge is 0.492 e. The summed E-state index contributed by atoms with van der Waals surface area (Å²) in [4.78, 5) is 51.9. The van der Waals surface area contributed by atoms with Gasteiger partial charge < -0.3 is 41.6 Å². The van der Waals surface area contributed by atoms with Crippen LogP contribution < -0.4 is 48.2 Å². The molecule has 0 fully saturated rings. The number of nitrogens with two attached hydrogens (primary N) is 2. The summed E-state index contributed by atoms with van der Waals surface area (Å²) in [5.74, 6) is 1.88. The van der Waals surface area contributed by atoms with E-state index in [1.807, 2.05) is 137 Å². The van der Waals surface area contributed by atoms with Crippen molar-refractivity contribution in [3.8, 4) is 46.1 Å². The molecular formula is C58H52BClN14O6. The number of fused-ring (bicyclic) bond motifs is 2. The van der Waals surface area contributed by atoms with Crippen LogP contribution in [0.4, 0.5) is 23.5 Å². The minimum atomic E-state index is -1.49.